The molecule has 1 saturated heterocycles. The van der Waals surface area contributed by atoms with E-state index in [2.05, 4.69) is 9.97 Å². The van der Waals surface area contributed by atoms with Crippen LogP contribution in [0.5, 0.6) is 0 Å². The van der Waals surface area contributed by atoms with E-state index >= 15 is 0 Å². The van der Waals surface area contributed by atoms with Gasteiger partial charge < -0.3 is 14.6 Å². The van der Waals surface area contributed by atoms with Gasteiger partial charge in [-0.3, -0.25) is 0 Å². The molecule has 4 rings (SSSR count). The van der Waals surface area contributed by atoms with Crippen LogP contribution in [0, 0.1) is 5.82 Å². The van der Waals surface area contributed by atoms with E-state index in [1.54, 1.807) is 17.2 Å². The van der Waals surface area contributed by atoms with Gasteiger partial charge in [0.2, 0.25) is 0 Å². The third kappa shape index (κ3) is 4.29. The molecular weight excluding hydrogens is 405 g/mol. The number of pyridine rings is 1. The summed E-state index contributed by atoms with van der Waals surface area (Å²) in [6.45, 7) is 6.86. The van der Waals surface area contributed by atoms with Gasteiger partial charge in [0.15, 0.2) is 0 Å². The number of likely N-dealkylation sites (tertiary alicyclic amines) is 1. The van der Waals surface area contributed by atoms with Crippen molar-refractivity contribution in [3.05, 3.63) is 53.1 Å². The van der Waals surface area contributed by atoms with Crippen molar-refractivity contribution >= 4 is 28.7 Å². The summed E-state index contributed by atoms with van der Waals surface area (Å²) in [6.07, 6.45) is 3.14. The topological polar surface area (TPSA) is 58.2 Å². The van der Waals surface area contributed by atoms with Gasteiger partial charge in [0.1, 0.15) is 17.1 Å². The predicted octanol–water partition coefficient (Wildman–Crippen LogP) is 6.14. The Morgan fingerprint density at radius 3 is 2.87 bits per heavy atom. The number of aromatic amines is 1. The first kappa shape index (κ1) is 20.7. The molecule has 158 valence electrons. The minimum atomic E-state index is -0.522. The molecule has 0 aliphatic carbocycles. The number of piperidine rings is 1. The lowest BCUT2D eigenvalue weighted by molar-refractivity contribution is 0.0197. The zero-order chi connectivity index (χ0) is 21.5. The van der Waals surface area contributed by atoms with Crippen LogP contribution in [0.15, 0.2) is 36.5 Å². The van der Waals surface area contributed by atoms with E-state index in [9.17, 15) is 9.18 Å². The highest BCUT2D eigenvalue weighted by molar-refractivity contribution is 6.34. The monoisotopic (exact) mass is 429 g/mol. The van der Waals surface area contributed by atoms with Crippen molar-refractivity contribution in [2.45, 2.75) is 45.1 Å². The second-order valence-electron chi connectivity index (χ2n) is 8.74. The molecule has 1 aromatic carbocycles. The first-order chi connectivity index (χ1) is 14.2. The van der Waals surface area contributed by atoms with E-state index in [0.29, 0.717) is 29.3 Å². The van der Waals surface area contributed by atoms with Crippen molar-refractivity contribution < 1.29 is 13.9 Å². The van der Waals surface area contributed by atoms with Gasteiger partial charge in [-0.05, 0) is 57.4 Å². The number of fused-ring (bicyclic) bond motifs is 1. The first-order valence-electron chi connectivity index (χ1n) is 10.1. The highest BCUT2D eigenvalue weighted by atomic mass is 35.5. The maximum absolute atomic E-state index is 13.8. The van der Waals surface area contributed by atoms with E-state index in [1.165, 1.54) is 12.1 Å². The van der Waals surface area contributed by atoms with E-state index in [0.717, 1.165) is 29.5 Å². The van der Waals surface area contributed by atoms with E-state index in [1.807, 2.05) is 32.9 Å². The van der Waals surface area contributed by atoms with Crippen molar-refractivity contribution in [1.82, 2.24) is 14.9 Å². The molecule has 2 aromatic heterocycles. The van der Waals surface area contributed by atoms with E-state index in [-0.39, 0.29) is 17.8 Å². The van der Waals surface area contributed by atoms with Crippen LogP contribution < -0.4 is 0 Å². The lowest BCUT2D eigenvalue weighted by Gasteiger charge is -2.33. The van der Waals surface area contributed by atoms with Crippen LogP contribution in [0.4, 0.5) is 9.18 Å². The van der Waals surface area contributed by atoms with Crippen LogP contribution in [0.3, 0.4) is 0 Å². The standard InChI is InChI=1S/C23H25ClFN3O2/c1-23(2,3)30-22(29)28-9-5-7-15(13-28)19-11-17-20(14-6-4-8-16(25)10-14)18(24)12-26-21(17)27-19/h4,6,8,10-12,15H,5,7,9,13H2,1-3H3,(H,26,27). The van der Waals surface area contributed by atoms with Gasteiger partial charge in [-0.2, -0.15) is 0 Å². The summed E-state index contributed by atoms with van der Waals surface area (Å²) in [5.41, 5.74) is 2.63. The SMILES string of the molecule is CC(C)(C)OC(=O)N1CCCC(c2cc3c(-c4cccc(F)c4)c(Cl)cnc3[nH]2)C1. The lowest BCUT2D eigenvalue weighted by Crippen LogP contribution is -2.42. The maximum atomic E-state index is 13.8. The minimum absolute atomic E-state index is 0.139. The lowest BCUT2D eigenvalue weighted by atomic mass is 9.94. The summed E-state index contributed by atoms with van der Waals surface area (Å²) in [4.78, 5) is 22.1. The first-order valence-corrected chi connectivity index (χ1v) is 10.5. The molecule has 3 aromatic rings. The van der Waals surface area contributed by atoms with Gasteiger partial charge >= 0.3 is 6.09 Å². The average Bonchev–Trinajstić information content (AvgIpc) is 3.11. The van der Waals surface area contributed by atoms with Crippen LogP contribution in [-0.4, -0.2) is 39.7 Å². The number of hydrogen-bond acceptors (Lipinski definition) is 3. The number of carbonyl (C=O) groups excluding carboxylic acids is 1. The van der Waals surface area contributed by atoms with Crippen LogP contribution in [0.2, 0.25) is 5.02 Å². The molecule has 1 N–H and O–H groups in total. The number of ether oxygens (including phenoxy) is 1. The number of aromatic nitrogens is 2. The van der Waals surface area contributed by atoms with Crippen molar-refractivity contribution in [3.63, 3.8) is 0 Å². The van der Waals surface area contributed by atoms with Crippen molar-refractivity contribution in [2.75, 3.05) is 13.1 Å². The van der Waals surface area contributed by atoms with E-state index in [4.69, 9.17) is 16.3 Å². The Hall–Kier alpha value is -2.60. The quantitative estimate of drug-likeness (QED) is 0.532. The third-order valence-electron chi connectivity index (χ3n) is 5.26. The highest BCUT2D eigenvalue weighted by Gasteiger charge is 2.29. The smallest absolute Gasteiger partial charge is 0.410 e. The zero-order valence-corrected chi connectivity index (χ0v) is 18.1. The summed E-state index contributed by atoms with van der Waals surface area (Å²) in [6, 6.07) is 8.41. The normalized spacial score (nSPS) is 17.4. The number of rotatable bonds is 2. The summed E-state index contributed by atoms with van der Waals surface area (Å²) in [7, 11) is 0. The molecule has 30 heavy (non-hydrogen) atoms. The van der Waals surface area contributed by atoms with Crippen LogP contribution in [0.25, 0.3) is 22.2 Å². The zero-order valence-electron chi connectivity index (χ0n) is 17.3. The molecule has 0 radical (unpaired) electrons. The van der Waals surface area contributed by atoms with Gasteiger partial charge in [-0.25, -0.2) is 14.2 Å². The Labute approximate surface area is 180 Å². The molecule has 1 aliphatic rings. The largest absolute Gasteiger partial charge is 0.444 e. The fourth-order valence-corrected chi connectivity index (χ4v) is 4.21. The number of H-pyrrole nitrogens is 1. The average molecular weight is 430 g/mol. The molecule has 0 spiro atoms. The molecule has 1 atom stereocenters. The van der Waals surface area contributed by atoms with Crippen LogP contribution in [0.1, 0.15) is 45.2 Å². The molecule has 1 aliphatic heterocycles. The number of hydrogen-bond donors (Lipinski definition) is 1. The number of nitrogens with one attached hydrogen (secondary N) is 1. The van der Waals surface area contributed by atoms with E-state index < -0.39 is 5.60 Å². The fraction of sp³-hybridized carbons (Fsp3) is 0.391. The second kappa shape index (κ2) is 7.91. The molecule has 1 unspecified atom stereocenters. The summed E-state index contributed by atoms with van der Waals surface area (Å²) in [5, 5.41) is 1.31. The van der Waals surface area contributed by atoms with Crippen molar-refractivity contribution in [1.29, 1.82) is 0 Å². The van der Waals surface area contributed by atoms with Gasteiger partial charge in [-0.15, -0.1) is 0 Å². The molecule has 0 saturated carbocycles. The minimum Gasteiger partial charge on any atom is -0.444 e. The number of carbonyl (C=O) groups is 1. The van der Waals surface area contributed by atoms with Gasteiger partial charge in [0.05, 0.1) is 5.02 Å². The third-order valence-corrected chi connectivity index (χ3v) is 5.55. The number of nitrogens with zero attached hydrogens (tertiary/aromatic N) is 2. The Kier molecular flexibility index (Phi) is 5.45. The summed E-state index contributed by atoms with van der Waals surface area (Å²) in [5.74, 6) is -0.177. The Balaban J connectivity index is 1.66. The van der Waals surface area contributed by atoms with Crippen LogP contribution >= 0.6 is 11.6 Å². The summed E-state index contributed by atoms with van der Waals surface area (Å²) < 4.78 is 19.3. The van der Waals surface area contributed by atoms with Gasteiger partial charge in [0.25, 0.3) is 0 Å². The Morgan fingerprint density at radius 1 is 1.33 bits per heavy atom. The molecular formula is C23H25ClFN3O2. The molecule has 3 heterocycles. The number of amides is 1. The number of benzene rings is 1. The highest BCUT2D eigenvalue weighted by Crippen LogP contribution is 2.37. The maximum Gasteiger partial charge on any atom is 0.410 e. The second-order valence-corrected chi connectivity index (χ2v) is 9.15. The predicted molar refractivity (Wildman–Crippen MR) is 116 cm³/mol. The Morgan fingerprint density at radius 2 is 2.13 bits per heavy atom. The van der Waals surface area contributed by atoms with Crippen LogP contribution in [-0.2, 0) is 4.74 Å². The van der Waals surface area contributed by atoms with Crippen molar-refractivity contribution in [2.24, 2.45) is 0 Å². The molecule has 0 bridgehead atoms. The molecule has 7 heteroatoms. The van der Waals surface area contributed by atoms with Gasteiger partial charge in [0, 0.05) is 41.8 Å². The van der Waals surface area contributed by atoms with Gasteiger partial charge in [-0.1, -0.05) is 23.7 Å². The van der Waals surface area contributed by atoms with Crippen molar-refractivity contribution in [3.8, 4) is 11.1 Å². The molecule has 1 fully saturated rings. The number of halogens is 2. The summed E-state index contributed by atoms with van der Waals surface area (Å²) >= 11 is 6.44. The molecule has 5 nitrogen and oxygen atoms in total. The Bertz CT molecular complexity index is 1090. The molecule has 1 amide bonds. The fourth-order valence-electron chi connectivity index (χ4n) is 3.95.